The standard InChI is InChI=1S/C14H21N3O2/c1-11(14(18)16-15)13-4-2-12(3-5-13)10-17-6-8-19-9-7-17/h2-5,11H,6-10,15H2,1H3,(H,16,18). The van der Waals surface area contributed by atoms with E-state index in [-0.39, 0.29) is 11.8 Å². The molecule has 1 unspecified atom stereocenters. The maximum Gasteiger partial charge on any atom is 0.241 e. The molecule has 0 radical (unpaired) electrons. The maximum atomic E-state index is 11.5. The fourth-order valence-corrected chi connectivity index (χ4v) is 2.21. The molecule has 0 saturated carbocycles. The molecule has 0 bridgehead atoms. The van der Waals surface area contributed by atoms with Crippen LogP contribution in [-0.4, -0.2) is 37.1 Å². The van der Waals surface area contributed by atoms with Gasteiger partial charge in [-0.1, -0.05) is 24.3 Å². The summed E-state index contributed by atoms with van der Waals surface area (Å²) in [5, 5.41) is 0. The number of nitrogens with zero attached hydrogens (tertiary/aromatic N) is 1. The van der Waals surface area contributed by atoms with Crippen LogP contribution in [0.2, 0.25) is 0 Å². The summed E-state index contributed by atoms with van der Waals surface area (Å²) in [5.41, 5.74) is 4.42. The van der Waals surface area contributed by atoms with Gasteiger partial charge in [-0.25, -0.2) is 5.84 Å². The highest BCUT2D eigenvalue weighted by atomic mass is 16.5. The van der Waals surface area contributed by atoms with Crippen LogP contribution in [0.5, 0.6) is 0 Å². The number of benzene rings is 1. The topological polar surface area (TPSA) is 67.6 Å². The number of hydrogen-bond acceptors (Lipinski definition) is 4. The Morgan fingerprint density at radius 2 is 2.00 bits per heavy atom. The molecule has 0 spiro atoms. The third-order valence-electron chi connectivity index (χ3n) is 3.53. The van der Waals surface area contributed by atoms with Crippen LogP contribution in [0, 0.1) is 0 Å². The van der Waals surface area contributed by atoms with Crippen molar-refractivity contribution in [1.29, 1.82) is 0 Å². The van der Waals surface area contributed by atoms with E-state index >= 15 is 0 Å². The lowest BCUT2D eigenvalue weighted by Crippen LogP contribution is -2.35. The lowest BCUT2D eigenvalue weighted by atomic mass is 9.99. The van der Waals surface area contributed by atoms with Gasteiger partial charge in [-0.3, -0.25) is 15.1 Å². The Hall–Kier alpha value is -1.43. The van der Waals surface area contributed by atoms with E-state index in [1.807, 2.05) is 19.1 Å². The van der Waals surface area contributed by atoms with E-state index in [4.69, 9.17) is 10.6 Å². The Morgan fingerprint density at radius 3 is 2.58 bits per heavy atom. The van der Waals surface area contributed by atoms with E-state index in [0.29, 0.717) is 0 Å². The third-order valence-corrected chi connectivity index (χ3v) is 3.53. The van der Waals surface area contributed by atoms with Crippen molar-refractivity contribution < 1.29 is 9.53 Å². The second kappa shape index (κ2) is 6.65. The molecular formula is C14H21N3O2. The minimum absolute atomic E-state index is 0.166. The van der Waals surface area contributed by atoms with E-state index in [0.717, 1.165) is 38.4 Å². The van der Waals surface area contributed by atoms with Crippen molar-refractivity contribution in [2.75, 3.05) is 26.3 Å². The molecule has 3 N–H and O–H groups in total. The number of carbonyl (C=O) groups excluding carboxylic acids is 1. The number of amides is 1. The van der Waals surface area contributed by atoms with E-state index in [2.05, 4.69) is 22.5 Å². The Bertz CT molecular complexity index is 413. The van der Waals surface area contributed by atoms with Crippen LogP contribution >= 0.6 is 0 Å². The van der Waals surface area contributed by atoms with Gasteiger partial charge in [-0.05, 0) is 18.1 Å². The van der Waals surface area contributed by atoms with Crippen LogP contribution < -0.4 is 11.3 Å². The highest BCUT2D eigenvalue weighted by Crippen LogP contribution is 2.17. The average Bonchev–Trinajstić information content (AvgIpc) is 2.47. The minimum atomic E-state index is -0.220. The molecule has 2 rings (SSSR count). The number of nitrogens with two attached hydrogens (primary N) is 1. The molecule has 1 heterocycles. The van der Waals surface area contributed by atoms with Gasteiger partial charge in [0, 0.05) is 19.6 Å². The predicted octanol–water partition coefficient (Wildman–Crippen LogP) is 0.612. The fraction of sp³-hybridized carbons (Fsp3) is 0.500. The third kappa shape index (κ3) is 3.76. The molecule has 1 fully saturated rings. The van der Waals surface area contributed by atoms with Gasteiger partial charge in [0.2, 0.25) is 5.91 Å². The largest absolute Gasteiger partial charge is 0.379 e. The first-order chi connectivity index (χ1) is 9.20. The molecule has 104 valence electrons. The number of hydrazine groups is 1. The molecule has 1 saturated heterocycles. The van der Waals surface area contributed by atoms with Crippen LogP contribution in [0.4, 0.5) is 0 Å². The minimum Gasteiger partial charge on any atom is -0.379 e. The fourth-order valence-electron chi connectivity index (χ4n) is 2.21. The molecule has 1 amide bonds. The first kappa shape index (κ1) is 14.0. The highest BCUT2D eigenvalue weighted by molar-refractivity contribution is 5.82. The summed E-state index contributed by atoms with van der Waals surface area (Å²) >= 11 is 0. The molecule has 19 heavy (non-hydrogen) atoms. The van der Waals surface area contributed by atoms with Crippen molar-refractivity contribution in [2.24, 2.45) is 5.84 Å². The summed E-state index contributed by atoms with van der Waals surface area (Å²) in [6.07, 6.45) is 0. The monoisotopic (exact) mass is 263 g/mol. The van der Waals surface area contributed by atoms with Gasteiger partial charge >= 0.3 is 0 Å². The van der Waals surface area contributed by atoms with Crippen molar-refractivity contribution in [2.45, 2.75) is 19.4 Å². The number of rotatable bonds is 4. The van der Waals surface area contributed by atoms with Crippen LogP contribution in [0.3, 0.4) is 0 Å². The molecule has 0 aromatic heterocycles. The maximum absolute atomic E-state index is 11.5. The molecule has 1 atom stereocenters. The van der Waals surface area contributed by atoms with Gasteiger partial charge in [0.25, 0.3) is 0 Å². The number of ether oxygens (including phenoxy) is 1. The summed E-state index contributed by atoms with van der Waals surface area (Å²) in [5.74, 6) is 4.76. The van der Waals surface area contributed by atoms with Crippen molar-refractivity contribution in [1.82, 2.24) is 10.3 Å². The SMILES string of the molecule is CC(C(=O)NN)c1ccc(CN2CCOCC2)cc1. The summed E-state index contributed by atoms with van der Waals surface area (Å²) in [7, 11) is 0. The van der Waals surface area contributed by atoms with E-state index in [9.17, 15) is 4.79 Å². The van der Waals surface area contributed by atoms with Gasteiger partial charge < -0.3 is 4.74 Å². The summed E-state index contributed by atoms with van der Waals surface area (Å²) < 4.78 is 5.33. The van der Waals surface area contributed by atoms with Gasteiger partial charge in [0.1, 0.15) is 0 Å². The first-order valence-electron chi connectivity index (χ1n) is 6.60. The van der Waals surface area contributed by atoms with Gasteiger partial charge in [-0.15, -0.1) is 0 Å². The summed E-state index contributed by atoms with van der Waals surface area (Å²) in [4.78, 5) is 13.8. The van der Waals surface area contributed by atoms with E-state index in [1.54, 1.807) is 0 Å². The Kier molecular flexibility index (Phi) is 4.90. The van der Waals surface area contributed by atoms with Gasteiger partial charge in [0.15, 0.2) is 0 Å². The number of morpholine rings is 1. The predicted molar refractivity (Wildman–Crippen MR) is 73.3 cm³/mol. The van der Waals surface area contributed by atoms with Crippen LogP contribution in [0.1, 0.15) is 24.0 Å². The van der Waals surface area contributed by atoms with Crippen LogP contribution in [0.15, 0.2) is 24.3 Å². The second-order valence-electron chi connectivity index (χ2n) is 4.86. The van der Waals surface area contributed by atoms with E-state index < -0.39 is 0 Å². The van der Waals surface area contributed by atoms with E-state index in [1.165, 1.54) is 5.56 Å². The van der Waals surface area contributed by atoms with Crippen molar-refractivity contribution in [3.05, 3.63) is 35.4 Å². The molecule has 0 aliphatic carbocycles. The van der Waals surface area contributed by atoms with Crippen molar-refractivity contribution in [3.63, 3.8) is 0 Å². The first-order valence-corrected chi connectivity index (χ1v) is 6.60. The zero-order valence-corrected chi connectivity index (χ0v) is 11.3. The van der Waals surface area contributed by atoms with Crippen LogP contribution in [0.25, 0.3) is 0 Å². The highest BCUT2D eigenvalue weighted by Gasteiger charge is 2.14. The second-order valence-corrected chi connectivity index (χ2v) is 4.86. The number of carbonyl (C=O) groups is 1. The van der Waals surface area contributed by atoms with Crippen molar-refractivity contribution >= 4 is 5.91 Å². The normalized spacial score (nSPS) is 18.0. The molecule has 5 nitrogen and oxygen atoms in total. The Balaban J connectivity index is 1.95. The molecule has 1 aliphatic heterocycles. The van der Waals surface area contributed by atoms with Gasteiger partial charge in [0.05, 0.1) is 19.1 Å². The van der Waals surface area contributed by atoms with Crippen LogP contribution in [-0.2, 0) is 16.1 Å². The lowest BCUT2D eigenvalue weighted by molar-refractivity contribution is -0.122. The smallest absolute Gasteiger partial charge is 0.241 e. The molecule has 1 aromatic carbocycles. The molecule has 5 heteroatoms. The molecular weight excluding hydrogens is 242 g/mol. The number of nitrogens with one attached hydrogen (secondary N) is 1. The number of hydrogen-bond donors (Lipinski definition) is 2. The summed E-state index contributed by atoms with van der Waals surface area (Å²) in [6.45, 7) is 6.36. The summed E-state index contributed by atoms with van der Waals surface area (Å²) in [6, 6.07) is 8.14. The van der Waals surface area contributed by atoms with Crippen molar-refractivity contribution in [3.8, 4) is 0 Å². The zero-order chi connectivity index (χ0) is 13.7. The molecule has 1 aliphatic rings. The average molecular weight is 263 g/mol. The Morgan fingerprint density at radius 1 is 1.37 bits per heavy atom. The van der Waals surface area contributed by atoms with Gasteiger partial charge in [-0.2, -0.15) is 0 Å². The quantitative estimate of drug-likeness (QED) is 0.474. The molecule has 1 aromatic rings. The zero-order valence-electron chi connectivity index (χ0n) is 11.3. The Labute approximate surface area is 113 Å². The lowest BCUT2D eigenvalue weighted by Gasteiger charge is -2.26.